The van der Waals surface area contributed by atoms with Crippen molar-refractivity contribution in [3.63, 3.8) is 0 Å². The van der Waals surface area contributed by atoms with E-state index in [4.69, 9.17) is 4.52 Å². The smallest absolute Gasteiger partial charge is 0.332 e. The molecular formula is C15H32N2O10P2. The van der Waals surface area contributed by atoms with Crippen LogP contribution in [0.3, 0.4) is 0 Å². The van der Waals surface area contributed by atoms with Gasteiger partial charge >= 0.3 is 5.97 Å². The molecule has 3 atom stereocenters. The molecule has 0 bridgehead atoms. The number of phosphoric ester groups is 2. The molecule has 0 aromatic carbocycles. The fraction of sp³-hybridized carbons (Fsp3) is 0.800. The summed E-state index contributed by atoms with van der Waals surface area (Å²) in [6, 6.07) is 0. The third-order valence-electron chi connectivity index (χ3n) is 3.05. The number of nitrogens with zero attached hydrogens (tertiary/aromatic N) is 2. The number of quaternary nitrogens is 2. The number of esters is 1. The molecule has 29 heavy (non-hydrogen) atoms. The Labute approximate surface area is 172 Å². The van der Waals surface area contributed by atoms with Gasteiger partial charge in [-0.3, -0.25) is 13.7 Å². The van der Waals surface area contributed by atoms with Crippen LogP contribution in [0.25, 0.3) is 0 Å². The van der Waals surface area contributed by atoms with Crippen LogP contribution in [0.15, 0.2) is 12.7 Å². The Hall–Kier alpha value is -0.650. The van der Waals surface area contributed by atoms with Gasteiger partial charge in [-0.25, -0.2) is 4.79 Å². The second kappa shape index (κ2) is 11.7. The maximum absolute atomic E-state index is 11.9. The molecule has 0 aliphatic rings. The molecule has 0 aliphatic heterocycles. The summed E-state index contributed by atoms with van der Waals surface area (Å²) < 4.78 is 47.8. The number of likely N-dealkylation sites (N-methyl/N-ethyl adjacent to an activating group) is 2. The highest BCUT2D eigenvalue weighted by molar-refractivity contribution is 7.46. The Morgan fingerprint density at radius 2 is 1.38 bits per heavy atom. The van der Waals surface area contributed by atoms with E-state index in [1.54, 1.807) is 0 Å². The molecule has 0 fully saturated rings. The first-order valence-corrected chi connectivity index (χ1v) is 11.5. The van der Waals surface area contributed by atoms with Crippen molar-refractivity contribution in [1.82, 2.24) is 0 Å². The highest BCUT2D eigenvalue weighted by Crippen LogP contribution is 2.42. The zero-order valence-electron chi connectivity index (χ0n) is 17.8. The Balaban J connectivity index is 4.83. The van der Waals surface area contributed by atoms with Gasteiger partial charge in [0.05, 0.1) is 42.3 Å². The van der Waals surface area contributed by atoms with Crippen molar-refractivity contribution in [1.29, 1.82) is 0 Å². The topological polar surface area (TPSA) is 143 Å². The van der Waals surface area contributed by atoms with Crippen LogP contribution in [-0.2, 0) is 36.8 Å². The second-order valence-corrected chi connectivity index (χ2v) is 10.8. The van der Waals surface area contributed by atoms with Gasteiger partial charge in [0.2, 0.25) is 6.29 Å². The van der Waals surface area contributed by atoms with Crippen molar-refractivity contribution in [2.45, 2.75) is 6.29 Å². The van der Waals surface area contributed by atoms with Gasteiger partial charge in [-0.1, -0.05) is 6.58 Å². The van der Waals surface area contributed by atoms with E-state index in [9.17, 15) is 23.7 Å². The summed E-state index contributed by atoms with van der Waals surface area (Å²) in [5.74, 6) is -1.04. The van der Waals surface area contributed by atoms with Crippen LogP contribution in [0.4, 0.5) is 0 Å². The van der Waals surface area contributed by atoms with E-state index in [2.05, 4.69) is 24.9 Å². The maximum Gasteiger partial charge on any atom is 0.332 e. The zero-order chi connectivity index (χ0) is 22.9. The number of hydrogen-bond acceptors (Lipinski definition) is 10. The Morgan fingerprint density at radius 1 is 0.931 bits per heavy atom. The number of carbonyl (C=O) groups is 1. The van der Waals surface area contributed by atoms with Gasteiger partial charge in [-0.15, -0.1) is 0 Å². The lowest BCUT2D eigenvalue weighted by atomic mass is 10.5. The summed E-state index contributed by atoms with van der Waals surface area (Å²) in [7, 11) is 1.29. The van der Waals surface area contributed by atoms with Crippen molar-refractivity contribution >= 4 is 21.6 Å². The van der Waals surface area contributed by atoms with E-state index in [0.717, 1.165) is 6.08 Å². The minimum absolute atomic E-state index is 0.156. The van der Waals surface area contributed by atoms with Crippen LogP contribution in [0.5, 0.6) is 0 Å². The molecule has 0 rings (SSSR count). The molecule has 172 valence electrons. The minimum Gasteiger partial charge on any atom is -0.756 e. The van der Waals surface area contributed by atoms with Gasteiger partial charge < -0.3 is 37.1 Å². The van der Waals surface area contributed by atoms with Crippen LogP contribution in [0, 0.1) is 0 Å². The number of rotatable bonds is 15. The van der Waals surface area contributed by atoms with Gasteiger partial charge in [0, 0.05) is 6.08 Å². The molecule has 14 heteroatoms. The Morgan fingerprint density at radius 3 is 1.79 bits per heavy atom. The maximum atomic E-state index is 11.9. The van der Waals surface area contributed by atoms with Crippen molar-refractivity contribution in [2.24, 2.45) is 0 Å². The predicted molar refractivity (Wildman–Crippen MR) is 100 cm³/mol. The first-order chi connectivity index (χ1) is 12.9. The van der Waals surface area contributed by atoms with Gasteiger partial charge in [-0.2, -0.15) is 0 Å². The number of hydrogen-bond donors (Lipinski definition) is 0. The number of carbonyl (C=O) groups excluding carboxylic acids is 1. The minimum atomic E-state index is -4.91. The van der Waals surface area contributed by atoms with Gasteiger partial charge in [0.15, 0.2) is 0 Å². The van der Waals surface area contributed by atoms with E-state index in [1.807, 2.05) is 42.3 Å². The molecular weight excluding hydrogens is 430 g/mol. The van der Waals surface area contributed by atoms with Crippen molar-refractivity contribution in [2.75, 3.05) is 75.2 Å². The van der Waals surface area contributed by atoms with Crippen molar-refractivity contribution in [3.8, 4) is 0 Å². The molecule has 0 aromatic heterocycles. The molecule has 12 nitrogen and oxygen atoms in total. The predicted octanol–water partition coefficient (Wildman–Crippen LogP) is -0.543. The zero-order valence-corrected chi connectivity index (χ0v) is 19.6. The van der Waals surface area contributed by atoms with Crippen molar-refractivity contribution in [3.05, 3.63) is 12.7 Å². The molecule has 0 saturated carbocycles. The van der Waals surface area contributed by atoms with Gasteiger partial charge in [-0.05, 0) is 0 Å². The fourth-order valence-corrected chi connectivity index (χ4v) is 2.92. The molecule has 0 amide bonds. The summed E-state index contributed by atoms with van der Waals surface area (Å²) in [6.45, 7) is 2.58. The fourth-order valence-electron chi connectivity index (χ4n) is 1.48. The highest BCUT2D eigenvalue weighted by atomic mass is 31.2. The number of phosphoric acid groups is 2. The largest absolute Gasteiger partial charge is 0.756 e. The van der Waals surface area contributed by atoms with E-state index in [1.165, 1.54) is 0 Å². The summed E-state index contributed by atoms with van der Waals surface area (Å²) in [6.07, 6.45) is -1.16. The summed E-state index contributed by atoms with van der Waals surface area (Å²) in [5.41, 5.74) is 0. The SMILES string of the molecule is C=CC(=O)OC(COP(=O)([O-])OCC[N+](C)(C)C)OP(=O)([O-])OCC[N+](C)(C)C. The second-order valence-electron chi connectivity index (χ2n) is 8.06. The molecule has 0 radical (unpaired) electrons. The third kappa shape index (κ3) is 16.8. The normalized spacial score (nSPS) is 17.8. The highest BCUT2D eigenvalue weighted by Gasteiger charge is 2.25. The molecule has 3 unspecified atom stereocenters. The quantitative estimate of drug-likeness (QED) is 0.102. The standard InChI is InChI=1S/C15H32N2O10P2/c1-8-14(18)26-15(27-29(21,22)24-12-10-17(5,6)7)13-25-28(19,20)23-11-9-16(2,3)4/h8,15H,1,9-13H2,2-7H3. The number of ether oxygens (including phenoxy) is 1. The monoisotopic (exact) mass is 462 g/mol. The van der Waals surface area contributed by atoms with Crippen LogP contribution in [-0.4, -0.2) is 96.4 Å². The van der Waals surface area contributed by atoms with Gasteiger partial charge in [0.1, 0.15) is 32.9 Å². The van der Waals surface area contributed by atoms with E-state index in [-0.39, 0.29) is 13.2 Å². The van der Waals surface area contributed by atoms with E-state index in [0.29, 0.717) is 22.1 Å². The van der Waals surface area contributed by atoms with Gasteiger partial charge in [0.25, 0.3) is 15.6 Å². The summed E-state index contributed by atoms with van der Waals surface area (Å²) in [4.78, 5) is 35.1. The lowest BCUT2D eigenvalue weighted by molar-refractivity contribution is -0.870. The lowest BCUT2D eigenvalue weighted by Crippen LogP contribution is -2.38. The lowest BCUT2D eigenvalue weighted by Gasteiger charge is -2.31. The van der Waals surface area contributed by atoms with Crippen LogP contribution >= 0.6 is 15.6 Å². The van der Waals surface area contributed by atoms with E-state index >= 15 is 0 Å². The van der Waals surface area contributed by atoms with Crippen LogP contribution < -0.4 is 9.79 Å². The average Bonchev–Trinajstić information content (AvgIpc) is 2.49. The Bertz CT molecular complexity index is 630. The summed E-state index contributed by atoms with van der Waals surface area (Å²) >= 11 is 0. The molecule has 0 spiro atoms. The van der Waals surface area contributed by atoms with Crippen molar-refractivity contribution < 1.29 is 55.5 Å². The molecule has 0 saturated heterocycles. The Kier molecular flexibility index (Phi) is 11.4. The molecule has 0 aliphatic carbocycles. The average molecular weight is 462 g/mol. The van der Waals surface area contributed by atoms with Crippen LogP contribution in [0.2, 0.25) is 0 Å². The molecule has 0 heterocycles. The third-order valence-corrected chi connectivity index (χ3v) is 5.01. The summed E-state index contributed by atoms with van der Waals surface area (Å²) in [5, 5.41) is 0. The van der Waals surface area contributed by atoms with E-state index < -0.39 is 34.5 Å². The van der Waals surface area contributed by atoms with Crippen LogP contribution in [0.1, 0.15) is 0 Å². The first-order valence-electron chi connectivity index (χ1n) is 8.63. The first kappa shape index (κ1) is 28.4. The molecule has 0 N–H and O–H groups in total. The molecule has 0 aromatic rings.